The Morgan fingerprint density at radius 1 is 0.938 bits per heavy atom. The fourth-order valence-corrected chi connectivity index (χ4v) is 10.6. The first kappa shape index (κ1) is 22.2. The average Bonchev–Trinajstić information content (AvgIpc) is 3.10. The number of rotatable bonds is 5. The molecule has 0 unspecified atom stereocenters. The van der Waals surface area contributed by atoms with Gasteiger partial charge in [0.2, 0.25) is 0 Å². The van der Waals surface area contributed by atoms with Crippen LogP contribution in [0.1, 0.15) is 39.0 Å². The zero-order valence-corrected chi connectivity index (χ0v) is 19.7. The van der Waals surface area contributed by atoms with E-state index in [0.717, 1.165) is 25.9 Å². The molecule has 8 nitrogen and oxygen atoms in total. The molecule has 6 rings (SSSR count). The number of aliphatic hydroxyl groups excluding tert-OH is 1. The molecule has 0 radical (unpaired) electrons. The van der Waals surface area contributed by atoms with Crippen molar-refractivity contribution in [2.24, 2.45) is 28.6 Å². The number of ether oxygens (including phenoxy) is 3. The third-order valence-electron chi connectivity index (χ3n) is 11.4. The molecule has 5 aliphatic carbocycles. The highest BCUT2D eigenvalue weighted by Crippen LogP contribution is 2.80. The second-order valence-corrected chi connectivity index (χ2v) is 11.8. The lowest BCUT2D eigenvalue weighted by Crippen LogP contribution is -2.81. The van der Waals surface area contributed by atoms with Crippen LogP contribution >= 0.6 is 0 Å². The minimum absolute atomic E-state index is 0.0795. The second-order valence-electron chi connectivity index (χ2n) is 11.8. The molecule has 1 heterocycles. The van der Waals surface area contributed by atoms with Gasteiger partial charge in [-0.15, -0.1) is 0 Å². The maximum absolute atomic E-state index is 12.8. The maximum Gasteiger partial charge on any atom is 0.117 e. The third kappa shape index (κ3) is 1.96. The summed E-state index contributed by atoms with van der Waals surface area (Å²) in [6, 6.07) is -0.0795. The Kier molecular flexibility index (Phi) is 4.47. The van der Waals surface area contributed by atoms with Crippen molar-refractivity contribution >= 4 is 0 Å². The minimum atomic E-state index is -1.43. The lowest BCUT2D eigenvalue weighted by molar-refractivity contribution is -0.325. The van der Waals surface area contributed by atoms with Gasteiger partial charge in [-0.2, -0.15) is 0 Å². The van der Waals surface area contributed by atoms with Crippen molar-refractivity contribution in [3.63, 3.8) is 0 Å². The smallest absolute Gasteiger partial charge is 0.117 e. The summed E-state index contributed by atoms with van der Waals surface area (Å²) in [5.74, 6) is -1.03. The van der Waals surface area contributed by atoms with Gasteiger partial charge in [-0.3, -0.25) is 4.90 Å². The predicted molar refractivity (Wildman–Crippen MR) is 114 cm³/mol. The molecule has 1 spiro atoms. The van der Waals surface area contributed by atoms with E-state index >= 15 is 0 Å². The van der Waals surface area contributed by atoms with E-state index in [4.69, 9.17) is 14.2 Å². The Bertz CT molecular complexity index is 813. The van der Waals surface area contributed by atoms with Gasteiger partial charge in [-0.1, -0.05) is 6.92 Å². The SMILES string of the molecule is CCN1C[C@]2(COC)CC[C@H](OC)[C@@]34[C@@H]5C[C@]6(O)[C@@H](OC)C[C@@](O)([C@H]5[C@H]6O)[C@@H](C[C@]23O)[C@@H]14. The molecular weight excluding hydrogens is 414 g/mol. The summed E-state index contributed by atoms with van der Waals surface area (Å²) in [4.78, 5) is 2.44. The number of aliphatic hydroxyl groups is 4. The fraction of sp³-hybridized carbons (Fsp3) is 1.00. The van der Waals surface area contributed by atoms with Gasteiger partial charge >= 0.3 is 0 Å². The first-order valence-corrected chi connectivity index (χ1v) is 12.3. The van der Waals surface area contributed by atoms with Crippen LogP contribution in [-0.4, -0.2) is 108 Å². The molecule has 0 amide bonds. The van der Waals surface area contributed by atoms with Crippen LogP contribution in [-0.2, 0) is 14.2 Å². The molecule has 12 atom stereocenters. The van der Waals surface area contributed by atoms with Crippen molar-refractivity contribution < 1.29 is 34.6 Å². The van der Waals surface area contributed by atoms with Gasteiger partial charge in [0.05, 0.1) is 36.1 Å². The van der Waals surface area contributed by atoms with Crippen LogP contribution in [0, 0.1) is 28.6 Å². The first-order valence-electron chi connectivity index (χ1n) is 12.3. The van der Waals surface area contributed by atoms with Crippen molar-refractivity contribution in [2.75, 3.05) is 41.0 Å². The number of likely N-dealkylation sites (tertiary alicyclic amines) is 1. The van der Waals surface area contributed by atoms with Gasteiger partial charge in [-0.25, -0.2) is 0 Å². The minimum Gasteiger partial charge on any atom is -0.390 e. The fourth-order valence-electron chi connectivity index (χ4n) is 10.6. The van der Waals surface area contributed by atoms with E-state index < -0.39 is 45.8 Å². The van der Waals surface area contributed by atoms with Crippen LogP contribution in [0.5, 0.6) is 0 Å². The van der Waals surface area contributed by atoms with Gasteiger partial charge in [0.15, 0.2) is 0 Å². The van der Waals surface area contributed by atoms with Crippen LogP contribution in [0.25, 0.3) is 0 Å². The van der Waals surface area contributed by atoms with Crippen molar-refractivity contribution in [2.45, 2.75) is 80.2 Å². The summed E-state index contributed by atoms with van der Waals surface area (Å²) in [6.07, 6.45) is 0.671. The van der Waals surface area contributed by atoms with Crippen molar-refractivity contribution in [3.05, 3.63) is 0 Å². The molecule has 0 aromatic rings. The predicted octanol–water partition coefficient (Wildman–Crippen LogP) is -0.239. The van der Waals surface area contributed by atoms with Gasteiger partial charge in [-0.05, 0) is 38.1 Å². The Labute approximate surface area is 189 Å². The van der Waals surface area contributed by atoms with Gasteiger partial charge < -0.3 is 34.6 Å². The van der Waals surface area contributed by atoms with Gasteiger partial charge in [0, 0.05) is 63.0 Å². The van der Waals surface area contributed by atoms with Crippen LogP contribution in [0.2, 0.25) is 0 Å². The number of fused-ring (bicyclic) bond motifs is 2. The molecule has 0 aromatic heterocycles. The summed E-state index contributed by atoms with van der Waals surface area (Å²) in [6.45, 7) is 4.11. The van der Waals surface area contributed by atoms with Gasteiger partial charge in [0.1, 0.15) is 5.60 Å². The average molecular weight is 454 g/mol. The Morgan fingerprint density at radius 3 is 2.28 bits per heavy atom. The number of hydrogen-bond donors (Lipinski definition) is 4. The molecule has 5 saturated carbocycles. The van der Waals surface area contributed by atoms with E-state index in [9.17, 15) is 20.4 Å². The quantitative estimate of drug-likeness (QED) is 0.451. The van der Waals surface area contributed by atoms with Crippen molar-refractivity contribution in [1.29, 1.82) is 0 Å². The summed E-state index contributed by atoms with van der Waals surface area (Å²) >= 11 is 0. The molecular formula is C24H39NO7. The topological polar surface area (TPSA) is 112 Å². The highest BCUT2D eigenvalue weighted by atomic mass is 16.5. The molecule has 6 fully saturated rings. The Hall–Kier alpha value is -0.320. The highest BCUT2D eigenvalue weighted by Gasteiger charge is 2.90. The zero-order valence-electron chi connectivity index (χ0n) is 19.7. The molecule has 7 bridgehead atoms. The van der Waals surface area contributed by atoms with E-state index in [2.05, 4.69) is 11.8 Å². The van der Waals surface area contributed by atoms with E-state index in [-0.39, 0.29) is 30.4 Å². The normalized spacial score (nSPS) is 62.4. The van der Waals surface area contributed by atoms with E-state index in [1.807, 2.05) is 0 Å². The zero-order chi connectivity index (χ0) is 22.9. The van der Waals surface area contributed by atoms with E-state index in [1.54, 1.807) is 21.3 Å². The van der Waals surface area contributed by atoms with E-state index in [0.29, 0.717) is 19.4 Å². The molecule has 32 heavy (non-hydrogen) atoms. The number of hydrogen-bond acceptors (Lipinski definition) is 8. The number of methoxy groups -OCH3 is 3. The summed E-state index contributed by atoms with van der Waals surface area (Å²) in [5.41, 5.74) is -4.92. The molecule has 6 aliphatic rings. The van der Waals surface area contributed by atoms with Crippen LogP contribution in [0.4, 0.5) is 0 Å². The molecule has 0 aromatic carbocycles. The van der Waals surface area contributed by atoms with Crippen molar-refractivity contribution in [1.82, 2.24) is 4.90 Å². The van der Waals surface area contributed by atoms with Crippen LogP contribution < -0.4 is 0 Å². The lowest BCUT2D eigenvalue weighted by Gasteiger charge is -2.71. The summed E-state index contributed by atoms with van der Waals surface area (Å²) in [5, 5.41) is 48.3. The number of piperidine rings is 1. The van der Waals surface area contributed by atoms with Crippen molar-refractivity contribution in [3.8, 4) is 0 Å². The third-order valence-corrected chi connectivity index (χ3v) is 11.4. The van der Waals surface area contributed by atoms with Crippen LogP contribution in [0.3, 0.4) is 0 Å². The Morgan fingerprint density at radius 2 is 1.66 bits per heavy atom. The molecule has 1 saturated heterocycles. The summed E-state index contributed by atoms with van der Waals surface area (Å²) < 4.78 is 17.6. The molecule has 182 valence electrons. The molecule has 4 N–H and O–H groups in total. The van der Waals surface area contributed by atoms with E-state index in [1.165, 1.54) is 0 Å². The number of nitrogens with zero attached hydrogens (tertiary/aromatic N) is 1. The highest BCUT2D eigenvalue weighted by molar-refractivity contribution is 5.40. The molecule has 8 heteroatoms. The van der Waals surface area contributed by atoms with Gasteiger partial charge in [0.25, 0.3) is 0 Å². The first-order chi connectivity index (χ1) is 15.1. The maximum atomic E-state index is 12.8. The monoisotopic (exact) mass is 453 g/mol. The second kappa shape index (κ2) is 6.46. The van der Waals surface area contributed by atoms with Crippen LogP contribution in [0.15, 0.2) is 0 Å². The lowest BCUT2D eigenvalue weighted by atomic mass is 9.41. The Balaban J connectivity index is 1.64. The molecule has 1 aliphatic heterocycles. The standard InChI is InChI=1S/C24H39NO7/c1-5-25-11-20(12-30-2)7-6-15(31-3)24-13-8-22(28)16(32-4)10-21(27,17(13)19(22)26)14(18(24)25)9-23(20,24)29/h13-19,26-29H,5-12H2,1-4H3/t13-,14+,15+,16+,17-,18-,19-,20+,21+,22+,23+,24-/m1/s1. The summed E-state index contributed by atoms with van der Waals surface area (Å²) in [7, 11) is 4.96. The largest absolute Gasteiger partial charge is 0.390 e.